The van der Waals surface area contributed by atoms with Gasteiger partial charge in [-0.1, -0.05) is 0 Å². The number of pyridine rings is 1. The SMILES string of the molecule is CC(=O)NC(CS)C(=O)N(C)CCc1ccncc1. The van der Waals surface area contributed by atoms with Crippen molar-refractivity contribution in [1.82, 2.24) is 15.2 Å². The quantitative estimate of drug-likeness (QED) is 0.747. The molecule has 0 aromatic carbocycles. The van der Waals surface area contributed by atoms with Crippen LogP contribution in [0.1, 0.15) is 12.5 Å². The van der Waals surface area contributed by atoms with E-state index in [0.29, 0.717) is 6.54 Å². The standard InChI is InChI=1S/C13H19N3O2S/c1-10(17)15-12(9-19)13(18)16(2)8-5-11-3-6-14-7-4-11/h3-4,6-7,12,19H,5,8-9H2,1-2H3,(H,15,17). The number of nitrogens with one attached hydrogen (secondary N) is 1. The molecule has 1 N–H and O–H groups in total. The first-order valence-corrected chi connectivity index (χ1v) is 6.69. The van der Waals surface area contributed by atoms with Crippen LogP contribution < -0.4 is 5.32 Å². The molecule has 1 atom stereocenters. The lowest BCUT2D eigenvalue weighted by molar-refractivity contribution is -0.134. The number of hydrogen-bond acceptors (Lipinski definition) is 4. The number of carbonyl (C=O) groups is 2. The lowest BCUT2D eigenvalue weighted by Gasteiger charge is -2.23. The third-order valence-corrected chi connectivity index (χ3v) is 3.08. The summed E-state index contributed by atoms with van der Waals surface area (Å²) in [5.74, 6) is -0.0629. The number of amides is 2. The zero-order chi connectivity index (χ0) is 14.3. The van der Waals surface area contributed by atoms with E-state index < -0.39 is 6.04 Å². The van der Waals surface area contributed by atoms with Crippen molar-refractivity contribution < 1.29 is 9.59 Å². The van der Waals surface area contributed by atoms with Crippen molar-refractivity contribution in [3.63, 3.8) is 0 Å². The summed E-state index contributed by atoms with van der Waals surface area (Å²) < 4.78 is 0. The van der Waals surface area contributed by atoms with E-state index in [1.807, 2.05) is 12.1 Å². The van der Waals surface area contributed by atoms with Crippen LogP contribution in [0.15, 0.2) is 24.5 Å². The average molecular weight is 281 g/mol. The van der Waals surface area contributed by atoms with Crippen LogP contribution in [0.2, 0.25) is 0 Å². The molecule has 0 saturated heterocycles. The molecule has 19 heavy (non-hydrogen) atoms. The van der Waals surface area contributed by atoms with Gasteiger partial charge in [-0.15, -0.1) is 0 Å². The van der Waals surface area contributed by atoms with Crippen molar-refractivity contribution in [3.05, 3.63) is 30.1 Å². The Morgan fingerprint density at radius 3 is 2.58 bits per heavy atom. The lowest BCUT2D eigenvalue weighted by atomic mass is 10.2. The molecule has 1 rings (SSSR count). The summed E-state index contributed by atoms with van der Waals surface area (Å²) in [4.78, 5) is 28.6. The number of carbonyl (C=O) groups excluding carboxylic acids is 2. The van der Waals surface area contributed by atoms with E-state index in [4.69, 9.17) is 0 Å². The minimum Gasteiger partial charge on any atom is -0.344 e. The van der Waals surface area contributed by atoms with Crippen LogP contribution in [-0.2, 0) is 16.0 Å². The van der Waals surface area contributed by atoms with Gasteiger partial charge < -0.3 is 10.2 Å². The molecule has 104 valence electrons. The Balaban J connectivity index is 2.49. The summed E-state index contributed by atoms with van der Waals surface area (Å²) >= 11 is 4.09. The molecular weight excluding hydrogens is 262 g/mol. The maximum absolute atomic E-state index is 12.1. The van der Waals surface area contributed by atoms with Crippen molar-refractivity contribution in [2.75, 3.05) is 19.3 Å². The van der Waals surface area contributed by atoms with E-state index in [-0.39, 0.29) is 17.6 Å². The molecule has 1 aromatic heterocycles. The largest absolute Gasteiger partial charge is 0.344 e. The molecule has 0 radical (unpaired) electrons. The van der Waals surface area contributed by atoms with Crippen molar-refractivity contribution >= 4 is 24.4 Å². The zero-order valence-electron chi connectivity index (χ0n) is 11.2. The Hall–Kier alpha value is -1.56. The molecule has 0 spiro atoms. The fraction of sp³-hybridized carbons (Fsp3) is 0.462. The predicted molar refractivity (Wildman–Crippen MR) is 77.0 cm³/mol. The predicted octanol–water partition coefficient (Wildman–Crippen LogP) is 0.517. The second-order valence-electron chi connectivity index (χ2n) is 4.30. The van der Waals surface area contributed by atoms with Crippen LogP contribution in [0.25, 0.3) is 0 Å². The van der Waals surface area contributed by atoms with Gasteiger partial charge in [0.2, 0.25) is 11.8 Å². The molecule has 1 aromatic rings. The number of thiol groups is 1. The van der Waals surface area contributed by atoms with Gasteiger partial charge in [0.1, 0.15) is 6.04 Å². The van der Waals surface area contributed by atoms with E-state index in [1.165, 1.54) is 6.92 Å². The minimum absolute atomic E-state index is 0.126. The van der Waals surface area contributed by atoms with Crippen molar-refractivity contribution in [2.24, 2.45) is 0 Å². The van der Waals surface area contributed by atoms with Gasteiger partial charge in [0, 0.05) is 38.7 Å². The maximum Gasteiger partial charge on any atom is 0.245 e. The summed E-state index contributed by atoms with van der Waals surface area (Å²) in [6, 6.07) is 3.27. The first kappa shape index (κ1) is 15.5. The molecule has 1 heterocycles. The van der Waals surface area contributed by atoms with Gasteiger partial charge in [-0.2, -0.15) is 12.6 Å². The second-order valence-corrected chi connectivity index (χ2v) is 4.67. The van der Waals surface area contributed by atoms with Crippen LogP contribution in [0.5, 0.6) is 0 Å². The number of aromatic nitrogens is 1. The van der Waals surface area contributed by atoms with Gasteiger partial charge in [0.15, 0.2) is 0 Å². The topological polar surface area (TPSA) is 62.3 Å². The summed E-state index contributed by atoms with van der Waals surface area (Å²) in [7, 11) is 1.72. The van der Waals surface area contributed by atoms with Crippen LogP contribution in [0.4, 0.5) is 0 Å². The summed E-state index contributed by atoms with van der Waals surface area (Å²) in [6.07, 6.45) is 4.21. The average Bonchev–Trinajstić information content (AvgIpc) is 2.42. The third-order valence-electron chi connectivity index (χ3n) is 2.72. The Morgan fingerprint density at radius 2 is 2.05 bits per heavy atom. The Kier molecular flexibility index (Phi) is 6.35. The van der Waals surface area contributed by atoms with E-state index in [2.05, 4.69) is 22.9 Å². The van der Waals surface area contributed by atoms with Crippen molar-refractivity contribution in [1.29, 1.82) is 0 Å². The fourth-order valence-corrected chi connectivity index (χ4v) is 1.90. The van der Waals surface area contributed by atoms with Gasteiger partial charge in [0.05, 0.1) is 0 Å². The molecule has 2 amide bonds. The number of nitrogens with zero attached hydrogens (tertiary/aromatic N) is 2. The molecule has 1 unspecified atom stereocenters. The highest BCUT2D eigenvalue weighted by molar-refractivity contribution is 7.80. The number of hydrogen-bond donors (Lipinski definition) is 2. The number of rotatable bonds is 6. The Morgan fingerprint density at radius 1 is 1.42 bits per heavy atom. The van der Waals surface area contributed by atoms with Crippen molar-refractivity contribution in [2.45, 2.75) is 19.4 Å². The Bertz CT molecular complexity index is 425. The van der Waals surface area contributed by atoms with Crippen LogP contribution >= 0.6 is 12.6 Å². The Labute approximate surface area is 118 Å². The summed E-state index contributed by atoms with van der Waals surface area (Å²) in [6.45, 7) is 1.98. The zero-order valence-corrected chi connectivity index (χ0v) is 12.1. The highest BCUT2D eigenvalue weighted by atomic mass is 32.1. The third kappa shape index (κ3) is 5.30. The normalized spacial score (nSPS) is 11.7. The van der Waals surface area contributed by atoms with Gasteiger partial charge >= 0.3 is 0 Å². The highest BCUT2D eigenvalue weighted by Gasteiger charge is 2.21. The highest BCUT2D eigenvalue weighted by Crippen LogP contribution is 2.01. The fourth-order valence-electron chi connectivity index (χ4n) is 1.65. The van der Waals surface area contributed by atoms with E-state index >= 15 is 0 Å². The van der Waals surface area contributed by atoms with Gasteiger partial charge in [-0.3, -0.25) is 14.6 Å². The second kappa shape index (κ2) is 7.78. The monoisotopic (exact) mass is 281 g/mol. The smallest absolute Gasteiger partial charge is 0.245 e. The first-order chi connectivity index (χ1) is 9.04. The van der Waals surface area contributed by atoms with Crippen LogP contribution in [-0.4, -0.2) is 47.1 Å². The minimum atomic E-state index is -0.566. The van der Waals surface area contributed by atoms with E-state index in [9.17, 15) is 9.59 Å². The summed E-state index contributed by atoms with van der Waals surface area (Å²) in [5, 5.41) is 2.59. The van der Waals surface area contributed by atoms with E-state index in [1.54, 1.807) is 24.3 Å². The first-order valence-electron chi connectivity index (χ1n) is 6.06. The van der Waals surface area contributed by atoms with Crippen molar-refractivity contribution in [3.8, 4) is 0 Å². The molecule has 0 aliphatic rings. The van der Waals surface area contributed by atoms with Crippen LogP contribution in [0.3, 0.4) is 0 Å². The van der Waals surface area contributed by atoms with E-state index in [0.717, 1.165) is 12.0 Å². The van der Waals surface area contributed by atoms with Crippen LogP contribution in [0, 0.1) is 0 Å². The summed E-state index contributed by atoms with van der Waals surface area (Å²) in [5.41, 5.74) is 1.12. The lowest BCUT2D eigenvalue weighted by Crippen LogP contribution is -2.48. The maximum atomic E-state index is 12.1. The van der Waals surface area contributed by atoms with Gasteiger partial charge in [0.25, 0.3) is 0 Å². The molecular formula is C13H19N3O2S. The molecule has 0 aliphatic carbocycles. The number of likely N-dealkylation sites (N-methyl/N-ethyl adjacent to an activating group) is 1. The van der Waals surface area contributed by atoms with Gasteiger partial charge in [-0.05, 0) is 24.1 Å². The molecule has 0 fully saturated rings. The molecule has 6 heteroatoms. The molecule has 0 bridgehead atoms. The molecule has 0 aliphatic heterocycles. The molecule has 5 nitrogen and oxygen atoms in total. The van der Waals surface area contributed by atoms with Gasteiger partial charge in [-0.25, -0.2) is 0 Å². The molecule has 0 saturated carbocycles.